The summed E-state index contributed by atoms with van der Waals surface area (Å²) in [6.45, 7) is 2.29. The lowest BCUT2D eigenvalue weighted by Gasteiger charge is -2.08. The molecule has 0 aliphatic carbocycles. The standard InChI is InChI=1S/C19H15F3N4O/c1-11-3-2-4-12(9-11)10-23-19(27)15-7-8-16(26-25-15)24-14-6-5-13(20)17(21)18(14)22/h2-9H,10H2,1H3,(H,23,27)(H,24,26). The molecule has 2 N–H and O–H groups in total. The van der Waals surface area contributed by atoms with Crippen LogP contribution in [0.5, 0.6) is 0 Å². The molecule has 2 aromatic carbocycles. The molecule has 0 radical (unpaired) electrons. The number of anilines is 2. The van der Waals surface area contributed by atoms with Crippen molar-refractivity contribution in [3.8, 4) is 0 Å². The predicted octanol–water partition coefficient (Wildman–Crippen LogP) is 3.88. The minimum absolute atomic E-state index is 0.0685. The first-order chi connectivity index (χ1) is 12.9. The van der Waals surface area contributed by atoms with Gasteiger partial charge in [-0.3, -0.25) is 4.79 Å². The Labute approximate surface area is 153 Å². The fraction of sp³-hybridized carbons (Fsp3) is 0.105. The largest absolute Gasteiger partial charge is 0.347 e. The van der Waals surface area contributed by atoms with E-state index >= 15 is 0 Å². The minimum atomic E-state index is -1.58. The van der Waals surface area contributed by atoms with Crippen LogP contribution in [0.25, 0.3) is 0 Å². The number of aryl methyl sites for hydroxylation is 1. The Balaban J connectivity index is 1.64. The molecular weight excluding hydrogens is 357 g/mol. The fourth-order valence-electron chi connectivity index (χ4n) is 2.38. The van der Waals surface area contributed by atoms with Crippen LogP contribution < -0.4 is 10.6 Å². The number of nitrogens with zero attached hydrogens (tertiary/aromatic N) is 2. The smallest absolute Gasteiger partial charge is 0.272 e. The van der Waals surface area contributed by atoms with Gasteiger partial charge >= 0.3 is 0 Å². The maximum Gasteiger partial charge on any atom is 0.272 e. The van der Waals surface area contributed by atoms with Gasteiger partial charge in [-0.2, -0.15) is 0 Å². The van der Waals surface area contributed by atoms with Crippen LogP contribution in [0.3, 0.4) is 0 Å². The van der Waals surface area contributed by atoms with Crippen molar-refractivity contribution in [2.75, 3.05) is 5.32 Å². The monoisotopic (exact) mass is 372 g/mol. The number of amides is 1. The van der Waals surface area contributed by atoms with Crippen LogP contribution in [0.1, 0.15) is 21.6 Å². The molecule has 5 nitrogen and oxygen atoms in total. The van der Waals surface area contributed by atoms with E-state index in [4.69, 9.17) is 0 Å². The second kappa shape index (κ2) is 7.86. The maximum atomic E-state index is 13.7. The maximum absolute atomic E-state index is 13.7. The van der Waals surface area contributed by atoms with Crippen molar-refractivity contribution in [3.05, 3.63) is 82.8 Å². The molecule has 0 bridgehead atoms. The zero-order valence-corrected chi connectivity index (χ0v) is 14.3. The molecule has 8 heteroatoms. The predicted molar refractivity (Wildman–Crippen MR) is 94.0 cm³/mol. The number of halogens is 3. The quantitative estimate of drug-likeness (QED) is 0.667. The molecule has 0 fully saturated rings. The van der Waals surface area contributed by atoms with Gasteiger partial charge in [0.2, 0.25) is 0 Å². The normalized spacial score (nSPS) is 10.5. The molecular formula is C19H15F3N4O. The Morgan fingerprint density at radius 1 is 1.00 bits per heavy atom. The molecule has 0 saturated carbocycles. The first kappa shape index (κ1) is 18.4. The van der Waals surface area contributed by atoms with Crippen molar-refractivity contribution in [2.45, 2.75) is 13.5 Å². The van der Waals surface area contributed by atoms with Gasteiger partial charge in [0.1, 0.15) is 0 Å². The molecule has 0 saturated heterocycles. The van der Waals surface area contributed by atoms with E-state index in [2.05, 4.69) is 20.8 Å². The van der Waals surface area contributed by atoms with Crippen molar-refractivity contribution in [3.63, 3.8) is 0 Å². The molecule has 3 rings (SSSR count). The van der Waals surface area contributed by atoms with Crippen molar-refractivity contribution < 1.29 is 18.0 Å². The summed E-state index contributed by atoms with van der Waals surface area (Å²) >= 11 is 0. The SMILES string of the molecule is Cc1cccc(CNC(=O)c2ccc(Nc3ccc(F)c(F)c3F)nn2)c1. The molecule has 1 aromatic heterocycles. The van der Waals surface area contributed by atoms with Crippen LogP contribution in [0, 0.1) is 24.4 Å². The van der Waals surface area contributed by atoms with Crippen molar-refractivity contribution in [1.29, 1.82) is 0 Å². The van der Waals surface area contributed by atoms with Crippen molar-refractivity contribution in [1.82, 2.24) is 15.5 Å². The number of hydrogen-bond acceptors (Lipinski definition) is 4. The molecule has 138 valence electrons. The third-order valence-electron chi connectivity index (χ3n) is 3.73. The highest BCUT2D eigenvalue weighted by molar-refractivity contribution is 5.92. The lowest BCUT2D eigenvalue weighted by molar-refractivity contribution is 0.0945. The Bertz CT molecular complexity index is 977. The molecule has 3 aromatic rings. The molecule has 0 aliphatic heterocycles. The lowest BCUT2D eigenvalue weighted by atomic mass is 10.1. The van der Waals surface area contributed by atoms with Gasteiger partial charge in [0.05, 0.1) is 5.69 Å². The molecule has 0 spiro atoms. The van der Waals surface area contributed by atoms with E-state index in [0.717, 1.165) is 23.3 Å². The molecule has 0 unspecified atom stereocenters. The Hall–Kier alpha value is -3.42. The first-order valence-corrected chi connectivity index (χ1v) is 8.02. The van der Waals surface area contributed by atoms with E-state index in [1.54, 1.807) is 0 Å². The lowest BCUT2D eigenvalue weighted by Crippen LogP contribution is -2.24. The number of carbonyl (C=O) groups is 1. The van der Waals surface area contributed by atoms with E-state index in [1.165, 1.54) is 12.1 Å². The summed E-state index contributed by atoms with van der Waals surface area (Å²) in [5, 5.41) is 12.7. The van der Waals surface area contributed by atoms with Crippen molar-refractivity contribution in [2.24, 2.45) is 0 Å². The second-order valence-corrected chi connectivity index (χ2v) is 5.82. The average Bonchev–Trinajstić information content (AvgIpc) is 2.67. The third-order valence-corrected chi connectivity index (χ3v) is 3.73. The Morgan fingerprint density at radius 3 is 2.52 bits per heavy atom. The summed E-state index contributed by atoms with van der Waals surface area (Å²) in [4.78, 5) is 12.1. The van der Waals surface area contributed by atoms with E-state index in [9.17, 15) is 18.0 Å². The number of nitrogens with one attached hydrogen (secondary N) is 2. The summed E-state index contributed by atoms with van der Waals surface area (Å²) in [6.07, 6.45) is 0. The summed E-state index contributed by atoms with van der Waals surface area (Å²) < 4.78 is 39.8. The van der Waals surface area contributed by atoms with E-state index < -0.39 is 23.4 Å². The fourth-order valence-corrected chi connectivity index (χ4v) is 2.38. The van der Waals surface area contributed by atoms with Crippen LogP contribution >= 0.6 is 0 Å². The third kappa shape index (κ3) is 4.41. The van der Waals surface area contributed by atoms with Crippen LogP contribution in [0.4, 0.5) is 24.7 Å². The van der Waals surface area contributed by atoms with Crippen molar-refractivity contribution >= 4 is 17.4 Å². The highest BCUT2D eigenvalue weighted by Crippen LogP contribution is 2.22. The zero-order valence-electron chi connectivity index (χ0n) is 14.3. The van der Waals surface area contributed by atoms with Gasteiger partial charge in [-0.05, 0) is 36.8 Å². The minimum Gasteiger partial charge on any atom is -0.347 e. The number of rotatable bonds is 5. The molecule has 1 heterocycles. The molecule has 1 amide bonds. The molecule has 27 heavy (non-hydrogen) atoms. The van der Waals surface area contributed by atoms with Gasteiger partial charge in [0, 0.05) is 6.54 Å². The van der Waals surface area contributed by atoms with Gasteiger partial charge in [-0.15, -0.1) is 10.2 Å². The first-order valence-electron chi connectivity index (χ1n) is 8.02. The van der Waals surface area contributed by atoms with E-state index in [0.29, 0.717) is 6.54 Å². The summed E-state index contributed by atoms with van der Waals surface area (Å²) in [5.41, 5.74) is 1.81. The number of carbonyl (C=O) groups excluding carboxylic acids is 1. The van der Waals surface area contributed by atoms with E-state index in [-0.39, 0.29) is 17.2 Å². The Morgan fingerprint density at radius 2 is 1.81 bits per heavy atom. The summed E-state index contributed by atoms with van der Waals surface area (Å²) in [6, 6.07) is 12.3. The number of aromatic nitrogens is 2. The zero-order chi connectivity index (χ0) is 19.4. The summed E-state index contributed by atoms with van der Waals surface area (Å²) in [7, 11) is 0. The Kier molecular flexibility index (Phi) is 5.35. The van der Waals surface area contributed by atoms with Crippen LogP contribution in [0.2, 0.25) is 0 Å². The number of benzene rings is 2. The molecule has 0 aliphatic rings. The van der Waals surface area contributed by atoms with Crippen LogP contribution in [0.15, 0.2) is 48.5 Å². The van der Waals surface area contributed by atoms with Crippen LogP contribution in [-0.2, 0) is 6.54 Å². The van der Waals surface area contributed by atoms with Gasteiger partial charge in [0.25, 0.3) is 5.91 Å². The average molecular weight is 372 g/mol. The van der Waals surface area contributed by atoms with Gasteiger partial charge in [-0.1, -0.05) is 29.8 Å². The highest BCUT2D eigenvalue weighted by atomic mass is 19.2. The number of hydrogen-bond donors (Lipinski definition) is 2. The second-order valence-electron chi connectivity index (χ2n) is 5.82. The van der Waals surface area contributed by atoms with Crippen LogP contribution in [-0.4, -0.2) is 16.1 Å². The molecule has 0 atom stereocenters. The topological polar surface area (TPSA) is 66.9 Å². The van der Waals surface area contributed by atoms with E-state index in [1.807, 2.05) is 31.2 Å². The van der Waals surface area contributed by atoms with Gasteiger partial charge in [-0.25, -0.2) is 13.2 Å². The van der Waals surface area contributed by atoms with Gasteiger partial charge in [0.15, 0.2) is 29.0 Å². The highest BCUT2D eigenvalue weighted by Gasteiger charge is 2.14. The summed E-state index contributed by atoms with van der Waals surface area (Å²) in [5.74, 6) is -4.58. The van der Waals surface area contributed by atoms with Gasteiger partial charge < -0.3 is 10.6 Å².